The quantitative estimate of drug-likeness (QED) is 0.840. The topological polar surface area (TPSA) is 71.4 Å². The summed E-state index contributed by atoms with van der Waals surface area (Å²) in [6, 6.07) is 5.17. The van der Waals surface area contributed by atoms with Gasteiger partial charge in [-0.1, -0.05) is 17.7 Å². The molecule has 0 aliphatic carbocycles. The van der Waals surface area contributed by atoms with Crippen molar-refractivity contribution >= 4 is 27.5 Å². The minimum Gasteiger partial charge on any atom is -0.342 e. The van der Waals surface area contributed by atoms with Crippen LogP contribution in [0.15, 0.2) is 35.4 Å². The van der Waals surface area contributed by atoms with Gasteiger partial charge in [0.2, 0.25) is 10.0 Å². The van der Waals surface area contributed by atoms with Crippen LogP contribution in [0.1, 0.15) is 29.4 Å². The van der Waals surface area contributed by atoms with Gasteiger partial charge in [-0.15, -0.1) is 0 Å². The molecule has 1 aliphatic heterocycles. The van der Waals surface area contributed by atoms with E-state index in [4.69, 9.17) is 11.6 Å². The van der Waals surface area contributed by atoms with E-state index in [0.29, 0.717) is 30.9 Å². The Bertz CT molecular complexity index is 943. The predicted octanol–water partition coefficient (Wildman–Crippen LogP) is 2.62. The molecule has 26 heavy (non-hydrogen) atoms. The molecule has 0 spiro atoms. The first-order valence-corrected chi connectivity index (χ1v) is 10.1. The Morgan fingerprint density at radius 1 is 1.27 bits per heavy atom. The molecule has 0 saturated heterocycles. The van der Waals surface area contributed by atoms with Crippen LogP contribution in [-0.4, -0.2) is 36.9 Å². The number of benzene rings is 1. The van der Waals surface area contributed by atoms with E-state index in [-0.39, 0.29) is 22.4 Å². The first kappa shape index (κ1) is 18.9. The molecule has 1 amide bonds. The maximum absolute atomic E-state index is 13.1. The van der Waals surface area contributed by atoms with Crippen molar-refractivity contribution in [3.8, 4) is 0 Å². The van der Waals surface area contributed by atoms with Gasteiger partial charge in [0, 0.05) is 37.4 Å². The smallest absolute Gasteiger partial charge is 0.270 e. The van der Waals surface area contributed by atoms with Crippen molar-refractivity contribution in [2.75, 3.05) is 13.1 Å². The lowest BCUT2D eigenvalue weighted by atomic mass is 10.2. The number of nitrogens with one attached hydrogen (secondary N) is 1. The second kappa shape index (κ2) is 7.38. The molecule has 2 aromatic rings. The Morgan fingerprint density at radius 2 is 2.04 bits per heavy atom. The van der Waals surface area contributed by atoms with Crippen molar-refractivity contribution in [2.45, 2.75) is 31.3 Å². The molecule has 9 heteroatoms. The van der Waals surface area contributed by atoms with Crippen LogP contribution in [0, 0.1) is 5.82 Å². The van der Waals surface area contributed by atoms with Gasteiger partial charge in [0.25, 0.3) is 5.91 Å². The molecular formula is C17H19ClFN3O3S. The standard InChI is InChI=1S/C17H19ClFN3O3S/c1-2-21-6-3-7-22-11-14(9-16(22)17(21)23)26(24,25)20-10-12-4-5-13(19)8-15(12)18/h4-5,8-9,11,20H,2-3,6-7,10H2,1H3. The van der Waals surface area contributed by atoms with Crippen LogP contribution in [0.25, 0.3) is 0 Å². The fraction of sp³-hybridized carbons (Fsp3) is 0.353. The van der Waals surface area contributed by atoms with Crippen molar-refractivity contribution in [2.24, 2.45) is 0 Å². The normalized spacial score (nSPS) is 15.0. The zero-order chi connectivity index (χ0) is 18.9. The number of sulfonamides is 1. The zero-order valence-corrected chi connectivity index (χ0v) is 15.8. The van der Waals surface area contributed by atoms with Gasteiger partial charge in [0.15, 0.2) is 0 Å². The van der Waals surface area contributed by atoms with E-state index in [1.54, 1.807) is 9.47 Å². The summed E-state index contributed by atoms with van der Waals surface area (Å²) in [5.74, 6) is -0.662. The van der Waals surface area contributed by atoms with E-state index < -0.39 is 15.8 Å². The van der Waals surface area contributed by atoms with Crippen molar-refractivity contribution < 1.29 is 17.6 Å². The molecule has 0 bridgehead atoms. The summed E-state index contributed by atoms with van der Waals surface area (Å²) in [4.78, 5) is 14.2. The lowest BCUT2D eigenvalue weighted by Crippen LogP contribution is -2.30. The Labute approximate surface area is 156 Å². The van der Waals surface area contributed by atoms with Crippen LogP contribution in [-0.2, 0) is 23.1 Å². The van der Waals surface area contributed by atoms with E-state index in [9.17, 15) is 17.6 Å². The Hall–Kier alpha value is -1.90. The summed E-state index contributed by atoms with van der Waals surface area (Å²) >= 11 is 5.93. The number of nitrogens with zero attached hydrogens (tertiary/aromatic N) is 2. The van der Waals surface area contributed by atoms with Crippen molar-refractivity contribution in [1.29, 1.82) is 0 Å². The van der Waals surface area contributed by atoms with Gasteiger partial charge in [0.1, 0.15) is 16.4 Å². The van der Waals surface area contributed by atoms with E-state index in [1.807, 2.05) is 6.92 Å². The van der Waals surface area contributed by atoms with Gasteiger partial charge < -0.3 is 9.47 Å². The molecule has 1 aliphatic rings. The summed E-state index contributed by atoms with van der Waals surface area (Å²) in [6.07, 6.45) is 2.24. The second-order valence-electron chi connectivity index (χ2n) is 6.05. The molecule has 0 atom stereocenters. The number of carbonyl (C=O) groups excluding carboxylic acids is 1. The largest absolute Gasteiger partial charge is 0.342 e. The summed E-state index contributed by atoms with van der Waals surface area (Å²) in [5, 5.41) is 0.147. The van der Waals surface area contributed by atoms with Crippen LogP contribution >= 0.6 is 11.6 Å². The van der Waals surface area contributed by atoms with Crippen LogP contribution < -0.4 is 4.72 Å². The average Bonchev–Trinajstić information content (AvgIpc) is 2.96. The number of halogens is 2. The molecule has 3 rings (SSSR count). The third kappa shape index (κ3) is 3.77. The number of amides is 1. The maximum atomic E-state index is 13.1. The molecule has 0 radical (unpaired) electrons. The summed E-state index contributed by atoms with van der Waals surface area (Å²) in [5.41, 5.74) is 0.829. The molecule has 6 nitrogen and oxygen atoms in total. The molecule has 0 fully saturated rings. The fourth-order valence-electron chi connectivity index (χ4n) is 2.91. The van der Waals surface area contributed by atoms with Crippen LogP contribution in [0.4, 0.5) is 4.39 Å². The molecule has 1 aromatic carbocycles. The average molecular weight is 400 g/mol. The fourth-order valence-corrected chi connectivity index (χ4v) is 4.19. The van der Waals surface area contributed by atoms with E-state index >= 15 is 0 Å². The zero-order valence-electron chi connectivity index (χ0n) is 14.2. The number of hydrogen-bond acceptors (Lipinski definition) is 3. The summed E-state index contributed by atoms with van der Waals surface area (Å²) < 4.78 is 42.4. The van der Waals surface area contributed by atoms with Crippen molar-refractivity contribution in [3.05, 3.63) is 52.6 Å². The minimum atomic E-state index is -3.83. The molecular weight excluding hydrogens is 381 g/mol. The first-order chi connectivity index (χ1) is 12.3. The monoisotopic (exact) mass is 399 g/mol. The molecule has 0 saturated carbocycles. The van der Waals surface area contributed by atoms with E-state index in [0.717, 1.165) is 12.5 Å². The minimum absolute atomic E-state index is 0.0250. The highest BCUT2D eigenvalue weighted by atomic mass is 35.5. The third-order valence-electron chi connectivity index (χ3n) is 4.36. The Balaban J connectivity index is 1.82. The van der Waals surface area contributed by atoms with Crippen molar-refractivity contribution in [1.82, 2.24) is 14.2 Å². The number of aryl methyl sites for hydroxylation is 1. The van der Waals surface area contributed by atoms with Gasteiger partial charge in [-0.2, -0.15) is 0 Å². The highest BCUT2D eigenvalue weighted by molar-refractivity contribution is 7.89. The van der Waals surface area contributed by atoms with Crippen LogP contribution in [0.2, 0.25) is 5.02 Å². The molecule has 0 unspecified atom stereocenters. The van der Waals surface area contributed by atoms with E-state index in [1.165, 1.54) is 24.4 Å². The van der Waals surface area contributed by atoms with Crippen LogP contribution in [0.5, 0.6) is 0 Å². The molecule has 1 N–H and O–H groups in total. The number of carbonyl (C=O) groups is 1. The Morgan fingerprint density at radius 3 is 2.73 bits per heavy atom. The van der Waals surface area contributed by atoms with Gasteiger partial charge in [0.05, 0.1) is 0 Å². The predicted molar refractivity (Wildman–Crippen MR) is 96.1 cm³/mol. The molecule has 1 aromatic heterocycles. The van der Waals surface area contributed by atoms with Gasteiger partial charge >= 0.3 is 0 Å². The number of hydrogen-bond donors (Lipinski definition) is 1. The van der Waals surface area contributed by atoms with Gasteiger partial charge in [-0.3, -0.25) is 4.79 Å². The SMILES string of the molecule is CCN1CCCn2cc(S(=O)(=O)NCc3ccc(F)cc3Cl)cc2C1=O. The number of fused-ring (bicyclic) bond motifs is 1. The Kier molecular flexibility index (Phi) is 5.36. The third-order valence-corrected chi connectivity index (χ3v) is 6.08. The van der Waals surface area contributed by atoms with Crippen molar-refractivity contribution in [3.63, 3.8) is 0 Å². The van der Waals surface area contributed by atoms with Gasteiger partial charge in [-0.25, -0.2) is 17.5 Å². The summed E-state index contributed by atoms with van der Waals surface area (Å²) in [7, 11) is -3.83. The van der Waals surface area contributed by atoms with Gasteiger partial charge in [-0.05, 0) is 37.1 Å². The number of aromatic nitrogens is 1. The number of rotatable bonds is 5. The van der Waals surface area contributed by atoms with Crippen LogP contribution in [0.3, 0.4) is 0 Å². The lowest BCUT2D eigenvalue weighted by Gasteiger charge is -2.17. The highest BCUT2D eigenvalue weighted by Gasteiger charge is 2.26. The molecule has 140 valence electrons. The maximum Gasteiger partial charge on any atom is 0.270 e. The summed E-state index contributed by atoms with van der Waals surface area (Å²) in [6.45, 7) is 3.63. The molecule has 2 heterocycles. The highest BCUT2D eigenvalue weighted by Crippen LogP contribution is 2.21. The lowest BCUT2D eigenvalue weighted by molar-refractivity contribution is 0.0766. The first-order valence-electron chi connectivity index (χ1n) is 8.25. The van der Waals surface area contributed by atoms with E-state index in [2.05, 4.69) is 4.72 Å². The second-order valence-corrected chi connectivity index (χ2v) is 8.23.